The first-order chi connectivity index (χ1) is 19.0. The molecule has 0 bridgehead atoms. The Morgan fingerprint density at radius 3 is 2.00 bits per heavy atom. The van der Waals surface area contributed by atoms with Gasteiger partial charge in [0.2, 0.25) is 0 Å². The second-order valence-corrected chi connectivity index (χ2v) is 12.4. The Morgan fingerprint density at radius 1 is 0.786 bits per heavy atom. The van der Waals surface area contributed by atoms with Crippen LogP contribution in [-0.4, -0.2) is 69.7 Å². The standard InChI is InChI=1S/C32H31Cl2N3O2.3ClH/c33-32(34)29-22-7-1-3-9-24(22)31(25-10-4-2-8-23(25)30(29)32)37-17-15-36(16-18-37)19-21(38)20-39-28-13-5-12-27-26(28)11-6-14-35-27;;;/h1-14,21,29-31,38H,15-20H2;3*1H/t21-,29-,30+,31?;;;/m1.../s1. The third-order valence-corrected chi connectivity index (χ3v) is 9.52. The van der Waals surface area contributed by atoms with E-state index in [0.29, 0.717) is 6.54 Å². The number of pyridine rings is 1. The molecule has 3 aliphatic rings. The van der Waals surface area contributed by atoms with Crippen molar-refractivity contribution in [1.82, 2.24) is 14.8 Å². The van der Waals surface area contributed by atoms with Gasteiger partial charge in [-0.3, -0.25) is 14.8 Å². The zero-order valence-corrected chi connectivity index (χ0v) is 26.8. The lowest BCUT2D eigenvalue weighted by Crippen LogP contribution is -2.50. The first-order valence-electron chi connectivity index (χ1n) is 13.7. The zero-order valence-electron chi connectivity index (χ0n) is 22.8. The van der Waals surface area contributed by atoms with Gasteiger partial charge in [0.1, 0.15) is 22.8 Å². The topological polar surface area (TPSA) is 48.8 Å². The average Bonchev–Trinajstić information content (AvgIpc) is 3.58. The van der Waals surface area contributed by atoms with Crippen molar-refractivity contribution in [2.24, 2.45) is 0 Å². The number of β-amino-alcohol motifs (C(OH)–C–C–N with tert-alkyl or cyclic N) is 1. The van der Waals surface area contributed by atoms with E-state index in [4.69, 9.17) is 27.9 Å². The van der Waals surface area contributed by atoms with Gasteiger partial charge in [-0.25, -0.2) is 0 Å². The van der Waals surface area contributed by atoms with Crippen LogP contribution in [0.25, 0.3) is 10.9 Å². The summed E-state index contributed by atoms with van der Waals surface area (Å²) < 4.78 is 5.26. The van der Waals surface area contributed by atoms with Crippen LogP contribution in [0.3, 0.4) is 0 Å². The molecule has 1 N–H and O–H groups in total. The molecule has 10 heteroatoms. The number of aromatic nitrogens is 1. The van der Waals surface area contributed by atoms with Crippen molar-refractivity contribution in [2.75, 3.05) is 39.3 Å². The van der Waals surface area contributed by atoms with Crippen LogP contribution in [0.1, 0.15) is 40.1 Å². The van der Waals surface area contributed by atoms with Crippen molar-refractivity contribution in [3.63, 3.8) is 0 Å². The van der Waals surface area contributed by atoms with E-state index in [1.807, 2.05) is 30.3 Å². The molecule has 0 radical (unpaired) electrons. The molecule has 0 amide bonds. The Kier molecular flexibility index (Phi) is 10.6. The number of benzene rings is 3. The highest BCUT2D eigenvalue weighted by Crippen LogP contribution is 2.72. The third-order valence-electron chi connectivity index (χ3n) is 8.58. The molecular weight excluding hydrogens is 636 g/mol. The number of hydrogen-bond acceptors (Lipinski definition) is 5. The lowest BCUT2D eigenvalue weighted by atomic mass is 9.90. The van der Waals surface area contributed by atoms with Gasteiger partial charge in [-0.15, -0.1) is 60.4 Å². The average molecular weight is 670 g/mol. The van der Waals surface area contributed by atoms with Gasteiger partial charge < -0.3 is 9.84 Å². The molecule has 1 unspecified atom stereocenters. The number of piperazine rings is 1. The molecule has 1 saturated carbocycles. The van der Waals surface area contributed by atoms with E-state index in [-0.39, 0.29) is 61.7 Å². The van der Waals surface area contributed by atoms with Gasteiger partial charge in [0.05, 0.1) is 11.6 Å². The molecule has 42 heavy (non-hydrogen) atoms. The smallest absolute Gasteiger partial charge is 0.133 e. The van der Waals surface area contributed by atoms with Crippen LogP contribution < -0.4 is 4.74 Å². The minimum atomic E-state index is -0.753. The van der Waals surface area contributed by atoms with Crippen LogP contribution in [0.15, 0.2) is 85.1 Å². The maximum Gasteiger partial charge on any atom is 0.133 e. The van der Waals surface area contributed by atoms with Gasteiger partial charge in [-0.05, 0) is 46.5 Å². The van der Waals surface area contributed by atoms with Gasteiger partial charge in [-0.1, -0.05) is 54.6 Å². The van der Waals surface area contributed by atoms with Gasteiger partial charge in [-0.2, -0.15) is 0 Å². The molecule has 2 heterocycles. The summed E-state index contributed by atoms with van der Waals surface area (Å²) in [5.74, 6) is 1.00. The summed E-state index contributed by atoms with van der Waals surface area (Å²) >= 11 is 13.7. The molecule has 7 rings (SSSR count). The van der Waals surface area contributed by atoms with Gasteiger partial charge in [0.25, 0.3) is 0 Å². The van der Waals surface area contributed by atoms with Crippen LogP contribution >= 0.6 is 60.4 Å². The fraction of sp³-hybridized carbons (Fsp3) is 0.344. The lowest BCUT2D eigenvalue weighted by molar-refractivity contribution is 0.0403. The second kappa shape index (κ2) is 13.5. The third kappa shape index (κ3) is 5.96. The van der Waals surface area contributed by atoms with Crippen molar-refractivity contribution < 1.29 is 9.84 Å². The highest BCUT2D eigenvalue weighted by molar-refractivity contribution is 6.52. The number of aliphatic hydroxyl groups excluding tert-OH is 1. The van der Waals surface area contributed by atoms with Crippen molar-refractivity contribution in [3.05, 3.63) is 107 Å². The summed E-state index contributed by atoms with van der Waals surface area (Å²) in [6.45, 7) is 4.44. The normalized spacial score (nSPS) is 23.0. The van der Waals surface area contributed by atoms with Crippen molar-refractivity contribution in [1.29, 1.82) is 0 Å². The Hall–Kier alpha value is -1.80. The van der Waals surface area contributed by atoms with E-state index >= 15 is 0 Å². The van der Waals surface area contributed by atoms with E-state index < -0.39 is 10.4 Å². The molecule has 2 fully saturated rings. The van der Waals surface area contributed by atoms with Crippen molar-refractivity contribution >= 4 is 71.3 Å². The highest BCUT2D eigenvalue weighted by atomic mass is 35.5. The number of fused-ring (bicyclic) bond motifs is 6. The lowest BCUT2D eigenvalue weighted by Gasteiger charge is -2.41. The van der Waals surface area contributed by atoms with Crippen LogP contribution in [0.2, 0.25) is 0 Å². The van der Waals surface area contributed by atoms with Gasteiger partial charge in [0, 0.05) is 56.1 Å². The van der Waals surface area contributed by atoms with Crippen LogP contribution in [0.5, 0.6) is 5.75 Å². The van der Waals surface area contributed by atoms with Crippen molar-refractivity contribution in [2.45, 2.75) is 28.3 Å². The number of aliphatic hydroxyl groups is 1. The number of nitrogens with zero attached hydrogens (tertiary/aromatic N) is 3. The number of hydrogen-bond donors (Lipinski definition) is 1. The molecule has 3 aromatic carbocycles. The summed E-state index contributed by atoms with van der Waals surface area (Å²) in [5, 5.41) is 11.8. The summed E-state index contributed by atoms with van der Waals surface area (Å²) in [4.78, 5) is 9.30. The second-order valence-electron chi connectivity index (χ2n) is 10.9. The molecule has 2 aliphatic carbocycles. The monoisotopic (exact) mass is 667 g/mol. The van der Waals surface area contributed by atoms with Gasteiger partial charge in [0.15, 0.2) is 0 Å². The molecule has 5 nitrogen and oxygen atoms in total. The molecule has 224 valence electrons. The SMILES string of the molecule is Cl.Cl.Cl.O[C@@H](COc1cccc2ncccc12)CN1CCN(C2c3ccccc3[C@@H]3[C@H](c4ccccc42)C3(Cl)Cl)CC1. The van der Waals surface area contributed by atoms with E-state index in [1.54, 1.807) is 6.20 Å². The Labute approximate surface area is 275 Å². The molecule has 4 atom stereocenters. The van der Waals surface area contributed by atoms with Crippen LogP contribution in [0.4, 0.5) is 0 Å². The Morgan fingerprint density at radius 2 is 1.38 bits per heavy atom. The zero-order chi connectivity index (χ0) is 26.6. The predicted molar refractivity (Wildman–Crippen MR) is 178 cm³/mol. The molecule has 1 saturated heterocycles. The predicted octanol–water partition coefficient (Wildman–Crippen LogP) is 7.02. The molecule has 1 aromatic heterocycles. The minimum absolute atomic E-state index is 0. The Balaban J connectivity index is 0.00000135. The van der Waals surface area contributed by atoms with E-state index in [0.717, 1.165) is 42.8 Å². The fourth-order valence-corrected chi connectivity index (χ4v) is 7.54. The number of rotatable bonds is 6. The highest BCUT2D eigenvalue weighted by Gasteiger charge is 2.66. The van der Waals surface area contributed by atoms with Gasteiger partial charge >= 0.3 is 0 Å². The summed E-state index contributed by atoms with van der Waals surface area (Å²) in [6.07, 6.45) is 1.20. The molecule has 1 aliphatic heterocycles. The minimum Gasteiger partial charge on any atom is -0.490 e. The Bertz CT molecular complexity index is 1450. The maximum atomic E-state index is 10.8. The molecule has 4 aromatic rings. The molecular formula is C32H34Cl5N3O2. The summed E-state index contributed by atoms with van der Waals surface area (Å²) in [5.41, 5.74) is 6.06. The van der Waals surface area contributed by atoms with Crippen molar-refractivity contribution in [3.8, 4) is 5.75 Å². The number of halogens is 5. The van der Waals surface area contributed by atoms with Crippen LogP contribution in [0, 0.1) is 0 Å². The fourth-order valence-electron chi connectivity index (χ4n) is 6.69. The largest absolute Gasteiger partial charge is 0.490 e. The first-order valence-corrected chi connectivity index (χ1v) is 14.4. The van der Waals surface area contributed by atoms with E-state index in [9.17, 15) is 5.11 Å². The van der Waals surface area contributed by atoms with Crippen LogP contribution in [-0.2, 0) is 0 Å². The summed E-state index contributed by atoms with van der Waals surface area (Å²) in [7, 11) is 0. The maximum absolute atomic E-state index is 10.8. The summed E-state index contributed by atoms with van der Waals surface area (Å²) in [6, 6.07) is 27.3. The van der Waals surface area contributed by atoms with E-state index in [1.165, 1.54) is 22.3 Å². The number of alkyl halides is 2. The number of ether oxygens (including phenoxy) is 1. The quantitative estimate of drug-likeness (QED) is 0.224. The first kappa shape index (κ1) is 33.1. The molecule has 0 spiro atoms. The van der Waals surface area contributed by atoms with E-state index in [2.05, 4.69) is 63.3 Å².